The van der Waals surface area contributed by atoms with E-state index in [0.717, 1.165) is 55.7 Å². The van der Waals surface area contributed by atoms with Gasteiger partial charge in [-0.2, -0.15) is 0 Å². The highest BCUT2D eigenvalue weighted by Crippen LogP contribution is 2.62. The summed E-state index contributed by atoms with van der Waals surface area (Å²) >= 11 is 1.82. The Morgan fingerprint density at radius 3 is 1.77 bits per heavy atom. The molecule has 1 aliphatic carbocycles. The van der Waals surface area contributed by atoms with Gasteiger partial charge >= 0.3 is 0 Å². The van der Waals surface area contributed by atoms with Crippen LogP contribution in [-0.4, -0.2) is 19.1 Å². The van der Waals surface area contributed by atoms with Crippen molar-refractivity contribution in [2.24, 2.45) is 0 Å². The first-order valence-electron chi connectivity index (χ1n) is 18.4. The second kappa shape index (κ2) is 11.3. The van der Waals surface area contributed by atoms with E-state index < -0.39 is 5.41 Å². The third-order valence-electron chi connectivity index (χ3n) is 11.7. The Hall–Kier alpha value is -7.45. The molecule has 6 nitrogen and oxygen atoms in total. The molecule has 0 bridgehead atoms. The fourth-order valence-electron chi connectivity index (χ4n) is 9.46. The van der Waals surface area contributed by atoms with Gasteiger partial charge in [0.1, 0.15) is 0 Å². The molecule has 0 radical (unpaired) electrons. The van der Waals surface area contributed by atoms with E-state index in [0.29, 0.717) is 11.4 Å². The first-order valence-corrected chi connectivity index (χ1v) is 19.2. The third kappa shape index (κ3) is 3.94. The first-order chi connectivity index (χ1) is 27.7. The van der Waals surface area contributed by atoms with Gasteiger partial charge in [0.15, 0.2) is 11.4 Å². The van der Waals surface area contributed by atoms with Gasteiger partial charge in [-0.25, -0.2) is 9.69 Å². The standard InChI is InChI=1S/C49H26N6S/c1-50-29-17-21-43-35(24-29)36-25-30(51-2)18-22-44(36)55(43)32-26-40-48(53-28-32)47-39(13-9-23-52-47)49(40)37-12-5-8-16-45(37)56-46-27-31(19-20-38(46)49)54-41-14-6-3-10-33(41)34-11-4-7-15-42(34)54/h3-28H. The zero-order valence-electron chi connectivity index (χ0n) is 29.6. The quantitative estimate of drug-likeness (QED) is 0.166. The maximum absolute atomic E-state index is 7.73. The van der Waals surface area contributed by atoms with Crippen LogP contribution in [0.4, 0.5) is 11.4 Å². The summed E-state index contributed by atoms with van der Waals surface area (Å²) < 4.78 is 4.61. The second-order valence-corrected chi connectivity index (χ2v) is 15.4. The summed E-state index contributed by atoms with van der Waals surface area (Å²) in [5, 5.41) is 4.33. The molecule has 4 aromatic heterocycles. The van der Waals surface area contributed by atoms with Gasteiger partial charge < -0.3 is 9.13 Å². The largest absolute Gasteiger partial charge is 0.309 e. The van der Waals surface area contributed by atoms with Crippen LogP contribution in [0.25, 0.3) is 76.1 Å². The predicted molar refractivity (Wildman–Crippen MR) is 225 cm³/mol. The lowest BCUT2D eigenvalue weighted by atomic mass is 9.67. The molecule has 56 heavy (non-hydrogen) atoms. The first kappa shape index (κ1) is 31.0. The van der Waals surface area contributed by atoms with Crippen LogP contribution in [-0.2, 0) is 5.41 Å². The SMILES string of the molecule is [C-]#[N+]c1ccc2c(c1)c1cc([N+]#[C-])ccc1n2-c1cnc2c(c1)C1(c3ccccc3Sc3cc(-n4c5ccccc5c5ccccc54)ccc31)c1cccnc1-2. The summed E-state index contributed by atoms with van der Waals surface area (Å²) in [4.78, 5) is 20.1. The minimum absolute atomic E-state index is 0.561. The van der Waals surface area contributed by atoms with Crippen LogP contribution in [0.2, 0.25) is 0 Å². The van der Waals surface area contributed by atoms with E-state index in [-0.39, 0.29) is 0 Å². The van der Waals surface area contributed by atoms with Crippen molar-refractivity contribution in [1.82, 2.24) is 19.1 Å². The molecular weight excluding hydrogens is 705 g/mol. The van der Waals surface area contributed by atoms with E-state index in [9.17, 15) is 0 Å². The summed E-state index contributed by atoms with van der Waals surface area (Å²) in [6.07, 6.45) is 3.81. The van der Waals surface area contributed by atoms with Crippen LogP contribution in [0, 0.1) is 13.1 Å². The summed E-state index contributed by atoms with van der Waals surface area (Å²) in [6.45, 7) is 15.5. The highest BCUT2D eigenvalue weighted by atomic mass is 32.2. The Kier molecular flexibility index (Phi) is 6.24. The van der Waals surface area contributed by atoms with Gasteiger partial charge in [0, 0.05) is 38.0 Å². The summed E-state index contributed by atoms with van der Waals surface area (Å²) in [5.41, 5.74) is 13.1. The number of benzene rings is 6. The van der Waals surface area contributed by atoms with E-state index >= 15 is 0 Å². The molecule has 2 aliphatic rings. The predicted octanol–water partition coefficient (Wildman–Crippen LogP) is 12.6. The molecule has 1 unspecified atom stereocenters. The molecule has 0 saturated heterocycles. The number of fused-ring (bicyclic) bond motifs is 15. The maximum Gasteiger partial charge on any atom is 0.188 e. The topological polar surface area (TPSA) is 44.4 Å². The molecule has 7 heteroatoms. The summed E-state index contributed by atoms with van der Waals surface area (Å²) in [6, 6.07) is 51.2. The number of hydrogen-bond acceptors (Lipinski definition) is 3. The van der Waals surface area contributed by atoms with Crippen molar-refractivity contribution in [3.05, 3.63) is 203 Å². The van der Waals surface area contributed by atoms with Crippen molar-refractivity contribution in [2.45, 2.75) is 15.2 Å². The monoisotopic (exact) mass is 730 g/mol. The highest BCUT2D eigenvalue weighted by molar-refractivity contribution is 7.99. The average Bonchev–Trinajstić information content (AvgIpc) is 3.87. The van der Waals surface area contributed by atoms with Crippen molar-refractivity contribution in [3.63, 3.8) is 0 Å². The molecule has 0 amide bonds. The van der Waals surface area contributed by atoms with Gasteiger partial charge in [-0.05, 0) is 94.2 Å². The van der Waals surface area contributed by atoms with Crippen LogP contribution in [0.5, 0.6) is 0 Å². The Labute approximate surface area is 325 Å². The fraction of sp³-hybridized carbons (Fsp3) is 0.0204. The smallest absolute Gasteiger partial charge is 0.188 e. The molecule has 0 N–H and O–H groups in total. The zero-order chi connectivity index (χ0) is 37.1. The molecule has 0 saturated carbocycles. The lowest BCUT2D eigenvalue weighted by Crippen LogP contribution is -2.32. The Morgan fingerprint density at radius 1 is 0.464 bits per heavy atom. The Morgan fingerprint density at radius 2 is 1.05 bits per heavy atom. The van der Waals surface area contributed by atoms with Gasteiger partial charge in [-0.3, -0.25) is 9.97 Å². The number of aromatic nitrogens is 4. The van der Waals surface area contributed by atoms with Crippen LogP contribution in [0.1, 0.15) is 22.3 Å². The van der Waals surface area contributed by atoms with E-state index in [4.69, 9.17) is 23.1 Å². The molecule has 1 aliphatic heterocycles. The normalized spacial score (nSPS) is 15.1. The minimum Gasteiger partial charge on any atom is -0.309 e. The number of rotatable bonds is 2. The van der Waals surface area contributed by atoms with Crippen molar-refractivity contribution < 1.29 is 0 Å². The molecule has 1 atom stereocenters. The van der Waals surface area contributed by atoms with Gasteiger partial charge in [-0.15, -0.1) is 0 Å². The molecule has 258 valence electrons. The number of hydrogen-bond donors (Lipinski definition) is 0. The van der Waals surface area contributed by atoms with E-state index in [1.807, 2.05) is 66.6 Å². The van der Waals surface area contributed by atoms with Crippen molar-refractivity contribution in [2.75, 3.05) is 0 Å². The second-order valence-electron chi connectivity index (χ2n) is 14.3. The molecule has 6 aromatic carbocycles. The summed E-state index contributed by atoms with van der Waals surface area (Å²) in [7, 11) is 0. The lowest BCUT2D eigenvalue weighted by Gasteiger charge is -2.39. The number of nitrogens with zero attached hydrogens (tertiary/aromatic N) is 6. The van der Waals surface area contributed by atoms with Crippen LogP contribution < -0.4 is 0 Å². The van der Waals surface area contributed by atoms with E-state index in [1.54, 1.807) is 0 Å². The number of pyridine rings is 2. The van der Waals surface area contributed by atoms with Gasteiger partial charge in [0.25, 0.3) is 0 Å². The summed E-state index contributed by atoms with van der Waals surface area (Å²) in [5.74, 6) is 0. The lowest BCUT2D eigenvalue weighted by molar-refractivity contribution is 0.718. The molecule has 12 rings (SSSR count). The van der Waals surface area contributed by atoms with E-state index in [2.05, 4.69) is 122 Å². The highest BCUT2D eigenvalue weighted by Gasteiger charge is 2.52. The van der Waals surface area contributed by atoms with Crippen molar-refractivity contribution in [1.29, 1.82) is 0 Å². The molecule has 0 fully saturated rings. The van der Waals surface area contributed by atoms with Gasteiger partial charge in [0.2, 0.25) is 0 Å². The Balaban J connectivity index is 1.15. The fourth-order valence-corrected chi connectivity index (χ4v) is 10.7. The molecule has 10 aromatic rings. The van der Waals surface area contributed by atoms with Gasteiger partial charge in [-0.1, -0.05) is 90.6 Å². The average molecular weight is 731 g/mol. The third-order valence-corrected chi connectivity index (χ3v) is 12.8. The molecule has 5 heterocycles. The van der Waals surface area contributed by atoms with Crippen LogP contribution >= 0.6 is 11.8 Å². The molecular formula is C49H26N6S. The minimum atomic E-state index is -0.689. The van der Waals surface area contributed by atoms with Crippen LogP contribution in [0.15, 0.2) is 168 Å². The zero-order valence-corrected chi connectivity index (χ0v) is 30.4. The van der Waals surface area contributed by atoms with Crippen LogP contribution in [0.3, 0.4) is 0 Å². The number of para-hydroxylation sites is 2. The van der Waals surface area contributed by atoms with Crippen molar-refractivity contribution >= 4 is 66.7 Å². The van der Waals surface area contributed by atoms with Gasteiger partial charge in [0.05, 0.1) is 63.9 Å². The van der Waals surface area contributed by atoms with Crippen molar-refractivity contribution in [3.8, 4) is 22.8 Å². The Bertz CT molecular complexity index is 3330. The maximum atomic E-state index is 7.73. The van der Waals surface area contributed by atoms with E-state index in [1.165, 1.54) is 42.7 Å². The molecule has 1 spiro atoms.